The molecule has 2 N–H and O–H groups in total. The molecule has 5 heterocycles. The molecule has 0 aliphatic carbocycles. The van der Waals surface area contributed by atoms with E-state index in [0.717, 1.165) is 41.7 Å². The highest BCUT2D eigenvalue weighted by atomic mass is 32.1. The number of carbonyl (C=O) groups is 2. The molecular formula is C17H20N4O2S. The van der Waals surface area contributed by atoms with Crippen LogP contribution >= 0.6 is 11.3 Å². The summed E-state index contributed by atoms with van der Waals surface area (Å²) in [5.41, 5.74) is 1.12. The Balaban J connectivity index is 1.57. The summed E-state index contributed by atoms with van der Waals surface area (Å²) < 4.78 is 0.951. The van der Waals surface area contributed by atoms with Gasteiger partial charge in [-0.05, 0) is 44.8 Å². The molecule has 0 spiro atoms. The molecule has 3 fully saturated rings. The average molecular weight is 344 g/mol. The number of carbonyl (C=O) groups excluding carboxylic acids is 2. The number of amides is 2. The second-order valence-corrected chi connectivity index (χ2v) is 7.50. The number of nitrogens with zero attached hydrogens (tertiary/aromatic N) is 2. The molecule has 2 amide bonds. The van der Waals surface area contributed by atoms with Crippen molar-refractivity contribution in [3.05, 3.63) is 23.3 Å². The van der Waals surface area contributed by atoms with Gasteiger partial charge in [-0.25, -0.2) is 4.98 Å². The lowest BCUT2D eigenvalue weighted by Crippen LogP contribution is -2.62. The molecule has 0 aromatic carbocycles. The summed E-state index contributed by atoms with van der Waals surface area (Å²) in [6.45, 7) is 4.47. The molecule has 3 aliphatic heterocycles. The van der Waals surface area contributed by atoms with Gasteiger partial charge in [-0.1, -0.05) is 0 Å². The molecule has 2 atom stereocenters. The van der Waals surface area contributed by atoms with Gasteiger partial charge in [-0.3, -0.25) is 14.5 Å². The largest absolute Gasteiger partial charge is 0.346 e. The molecule has 7 heteroatoms. The second-order valence-electron chi connectivity index (χ2n) is 6.59. The van der Waals surface area contributed by atoms with E-state index < -0.39 is 0 Å². The van der Waals surface area contributed by atoms with Crippen LogP contribution in [-0.2, 0) is 4.79 Å². The summed E-state index contributed by atoms with van der Waals surface area (Å²) in [6.07, 6.45) is 4.65. The van der Waals surface area contributed by atoms with Crippen molar-refractivity contribution in [3.8, 4) is 0 Å². The quantitative estimate of drug-likeness (QED) is 0.833. The number of thiophene rings is 1. The Morgan fingerprint density at radius 1 is 1.42 bits per heavy atom. The third-order valence-electron chi connectivity index (χ3n) is 5.38. The van der Waals surface area contributed by atoms with E-state index in [1.165, 1.54) is 11.3 Å². The van der Waals surface area contributed by atoms with Crippen LogP contribution in [0.15, 0.2) is 17.6 Å². The van der Waals surface area contributed by atoms with Gasteiger partial charge in [0.1, 0.15) is 5.69 Å². The molecule has 126 valence electrons. The molecule has 0 radical (unpaired) electrons. The van der Waals surface area contributed by atoms with Crippen molar-refractivity contribution in [3.63, 3.8) is 0 Å². The average Bonchev–Trinajstić information content (AvgIpc) is 3.01. The first-order valence-corrected chi connectivity index (χ1v) is 9.17. The summed E-state index contributed by atoms with van der Waals surface area (Å²) in [5, 5.41) is 8.58. The van der Waals surface area contributed by atoms with E-state index in [4.69, 9.17) is 0 Å². The van der Waals surface area contributed by atoms with Gasteiger partial charge >= 0.3 is 0 Å². The van der Waals surface area contributed by atoms with Crippen LogP contribution in [0.25, 0.3) is 10.1 Å². The van der Waals surface area contributed by atoms with Gasteiger partial charge in [-0.2, -0.15) is 0 Å². The maximum atomic E-state index is 12.7. The van der Waals surface area contributed by atoms with Crippen molar-refractivity contribution in [1.29, 1.82) is 0 Å². The van der Waals surface area contributed by atoms with Crippen LogP contribution in [0.3, 0.4) is 0 Å². The van der Waals surface area contributed by atoms with Crippen molar-refractivity contribution in [1.82, 2.24) is 15.2 Å². The molecule has 3 aliphatic rings. The molecule has 2 bridgehead atoms. The lowest BCUT2D eigenvalue weighted by molar-refractivity contribution is -0.105. The number of anilines is 1. The van der Waals surface area contributed by atoms with Gasteiger partial charge in [0, 0.05) is 29.0 Å². The van der Waals surface area contributed by atoms with Crippen LogP contribution in [0.5, 0.6) is 0 Å². The van der Waals surface area contributed by atoms with E-state index in [-0.39, 0.29) is 11.9 Å². The highest BCUT2D eigenvalue weighted by Crippen LogP contribution is 2.33. The third-order valence-corrected chi connectivity index (χ3v) is 6.32. The molecule has 0 unspecified atom stereocenters. The zero-order valence-corrected chi connectivity index (χ0v) is 14.3. The van der Waals surface area contributed by atoms with Crippen LogP contribution < -0.4 is 10.6 Å². The second kappa shape index (κ2) is 6.14. The Morgan fingerprint density at radius 3 is 2.92 bits per heavy atom. The number of fused-ring (bicyclic) bond motifs is 4. The first-order chi connectivity index (χ1) is 11.7. The Morgan fingerprint density at radius 2 is 2.21 bits per heavy atom. The predicted molar refractivity (Wildman–Crippen MR) is 94.3 cm³/mol. The molecular weight excluding hydrogens is 324 g/mol. The highest BCUT2D eigenvalue weighted by Gasteiger charge is 2.40. The fourth-order valence-corrected chi connectivity index (χ4v) is 4.85. The zero-order valence-electron chi connectivity index (χ0n) is 13.5. The number of hydrogen-bond acceptors (Lipinski definition) is 5. The minimum atomic E-state index is -0.134. The summed E-state index contributed by atoms with van der Waals surface area (Å²) in [7, 11) is 0. The van der Waals surface area contributed by atoms with E-state index in [1.807, 2.05) is 5.38 Å². The maximum absolute atomic E-state index is 12.7. The number of hydrogen-bond donors (Lipinski definition) is 2. The van der Waals surface area contributed by atoms with E-state index in [9.17, 15) is 9.59 Å². The molecule has 2 aromatic heterocycles. The minimum absolute atomic E-state index is 0.134. The lowest BCUT2D eigenvalue weighted by Gasteiger charge is -2.49. The first kappa shape index (κ1) is 15.5. The molecule has 0 saturated carbocycles. The highest BCUT2D eigenvalue weighted by molar-refractivity contribution is 7.17. The van der Waals surface area contributed by atoms with E-state index in [0.29, 0.717) is 24.1 Å². The van der Waals surface area contributed by atoms with Gasteiger partial charge < -0.3 is 10.6 Å². The number of nitrogens with one attached hydrogen (secondary N) is 2. The molecule has 6 nitrogen and oxygen atoms in total. The topological polar surface area (TPSA) is 74.3 Å². The Kier molecular flexibility index (Phi) is 3.97. The fraction of sp³-hybridized carbons (Fsp3) is 0.471. The Bertz CT molecular complexity index is 780. The van der Waals surface area contributed by atoms with Gasteiger partial charge in [0.05, 0.1) is 10.4 Å². The predicted octanol–water partition coefficient (Wildman–Crippen LogP) is 2.08. The zero-order chi connectivity index (χ0) is 16.7. The maximum Gasteiger partial charge on any atom is 0.270 e. The van der Waals surface area contributed by atoms with Gasteiger partial charge in [0.25, 0.3) is 5.91 Å². The van der Waals surface area contributed by atoms with Crippen LogP contribution in [0.1, 0.15) is 30.3 Å². The minimum Gasteiger partial charge on any atom is -0.346 e. The SMILES string of the molecule is C[C@@H]1[C@H](NC(=O)c2cc3c(NC=O)csc3cn2)C2CCN1CC2. The molecule has 5 rings (SSSR count). The number of pyridine rings is 1. The number of piperidine rings is 3. The smallest absolute Gasteiger partial charge is 0.270 e. The van der Waals surface area contributed by atoms with Crippen LogP contribution in [0.2, 0.25) is 0 Å². The summed E-state index contributed by atoms with van der Waals surface area (Å²) in [6, 6.07) is 2.32. The van der Waals surface area contributed by atoms with Crippen molar-refractivity contribution >= 4 is 39.4 Å². The fourth-order valence-electron chi connectivity index (χ4n) is 4.00. The van der Waals surface area contributed by atoms with Crippen molar-refractivity contribution < 1.29 is 9.59 Å². The van der Waals surface area contributed by atoms with Crippen molar-refractivity contribution in [2.45, 2.75) is 31.8 Å². The summed E-state index contributed by atoms with van der Waals surface area (Å²) >= 11 is 1.50. The third kappa shape index (κ3) is 2.57. The van der Waals surface area contributed by atoms with Gasteiger partial charge in [0.15, 0.2) is 0 Å². The first-order valence-electron chi connectivity index (χ1n) is 8.29. The molecule has 24 heavy (non-hydrogen) atoms. The van der Waals surface area contributed by atoms with Crippen molar-refractivity contribution in [2.75, 3.05) is 18.4 Å². The normalized spacial score (nSPS) is 28.7. The van der Waals surface area contributed by atoms with Gasteiger partial charge in [0.2, 0.25) is 6.41 Å². The van der Waals surface area contributed by atoms with Crippen LogP contribution in [0.4, 0.5) is 5.69 Å². The van der Waals surface area contributed by atoms with Crippen molar-refractivity contribution in [2.24, 2.45) is 5.92 Å². The van der Waals surface area contributed by atoms with E-state index >= 15 is 0 Å². The molecule has 3 saturated heterocycles. The van der Waals surface area contributed by atoms with E-state index in [2.05, 4.69) is 27.4 Å². The Labute approximate surface area is 144 Å². The van der Waals surface area contributed by atoms with Crippen LogP contribution in [-0.4, -0.2) is 47.4 Å². The summed E-state index contributed by atoms with van der Waals surface area (Å²) in [4.78, 5) is 30.1. The van der Waals surface area contributed by atoms with E-state index in [1.54, 1.807) is 12.3 Å². The summed E-state index contributed by atoms with van der Waals surface area (Å²) in [5.74, 6) is 0.428. The van der Waals surface area contributed by atoms with Gasteiger partial charge in [-0.15, -0.1) is 11.3 Å². The number of aromatic nitrogens is 1. The molecule has 2 aromatic rings. The lowest BCUT2D eigenvalue weighted by atomic mass is 9.79. The standard InChI is InChI=1S/C17H20N4O2S/c1-10-16(11-2-4-21(10)5-3-11)20-17(23)13-6-12-14(19-9-22)8-24-15(12)7-18-13/h6-11,16H,2-5H2,1H3,(H,19,22)(H,20,23)/t10-,16+/m1/s1. The number of rotatable bonds is 4. The monoisotopic (exact) mass is 344 g/mol. The Hall–Kier alpha value is -1.99. The van der Waals surface area contributed by atoms with Crippen LogP contribution in [0, 0.1) is 5.92 Å².